The number of thioether (sulfide) groups is 1. The van der Waals surface area contributed by atoms with Crippen LogP contribution >= 0.6 is 11.8 Å². The summed E-state index contributed by atoms with van der Waals surface area (Å²) in [5.41, 5.74) is 0.618. The van der Waals surface area contributed by atoms with Crippen LogP contribution in [-0.2, 0) is 19.2 Å². The van der Waals surface area contributed by atoms with E-state index in [-0.39, 0.29) is 48.2 Å². The molecular weight excluding hydrogens is 482 g/mol. The summed E-state index contributed by atoms with van der Waals surface area (Å²) in [5.74, 6) is -3.51. The Morgan fingerprint density at radius 3 is 2.50 bits per heavy atom. The van der Waals surface area contributed by atoms with E-state index in [0.29, 0.717) is 12.3 Å². The third-order valence-corrected chi connectivity index (χ3v) is 9.41. The Balaban J connectivity index is 2.12. The minimum atomic E-state index is -1.71. The summed E-state index contributed by atoms with van der Waals surface area (Å²) in [4.78, 5) is 52.4. The van der Waals surface area contributed by atoms with E-state index in [1.54, 1.807) is 0 Å². The van der Waals surface area contributed by atoms with E-state index in [1.165, 1.54) is 0 Å². The molecule has 2 aliphatic carbocycles. The van der Waals surface area contributed by atoms with Crippen LogP contribution in [0.2, 0.25) is 0 Å². The first kappa shape index (κ1) is 28.6. The Morgan fingerprint density at radius 2 is 1.89 bits per heavy atom. The Kier molecular flexibility index (Phi) is 8.89. The van der Waals surface area contributed by atoms with Crippen LogP contribution in [0.25, 0.3) is 0 Å². The molecule has 9 heteroatoms. The molecule has 0 aromatic heterocycles. The van der Waals surface area contributed by atoms with Crippen molar-refractivity contribution in [2.24, 2.45) is 29.1 Å². The number of allylic oxidation sites excluding steroid dienone is 4. The van der Waals surface area contributed by atoms with Crippen molar-refractivity contribution in [3.63, 3.8) is 0 Å². The van der Waals surface area contributed by atoms with Crippen molar-refractivity contribution >= 4 is 35.2 Å². The lowest BCUT2D eigenvalue weighted by Crippen LogP contribution is -2.53. The maximum Gasteiger partial charge on any atom is 0.333 e. The van der Waals surface area contributed by atoms with Crippen molar-refractivity contribution < 1.29 is 34.5 Å². The van der Waals surface area contributed by atoms with Crippen molar-refractivity contribution in [3.8, 4) is 0 Å². The lowest BCUT2D eigenvalue weighted by Gasteiger charge is -2.45. The lowest BCUT2D eigenvalue weighted by molar-refractivity contribution is -0.146. The van der Waals surface area contributed by atoms with Crippen LogP contribution in [-0.4, -0.2) is 68.0 Å². The van der Waals surface area contributed by atoms with E-state index in [4.69, 9.17) is 5.11 Å². The number of amides is 1. The monoisotopic (exact) mass is 521 g/mol. The summed E-state index contributed by atoms with van der Waals surface area (Å²) < 4.78 is 0. The van der Waals surface area contributed by atoms with Crippen LogP contribution in [0.15, 0.2) is 23.3 Å². The van der Waals surface area contributed by atoms with Gasteiger partial charge in [0.15, 0.2) is 17.7 Å². The zero-order chi connectivity index (χ0) is 26.9. The van der Waals surface area contributed by atoms with Gasteiger partial charge in [0.25, 0.3) is 0 Å². The van der Waals surface area contributed by atoms with Crippen molar-refractivity contribution in [2.45, 2.75) is 83.8 Å². The number of hydrogen-bond donors (Lipinski definition) is 4. The molecule has 4 N–H and O–H groups in total. The fraction of sp³-hybridized carbons (Fsp3) is 0.704. The van der Waals surface area contributed by atoms with E-state index in [9.17, 15) is 29.4 Å². The second-order valence-electron chi connectivity index (χ2n) is 11.1. The van der Waals surface area contributed by atoms with Gasteiger partial charge in [-0.1, -0.05) is 44.1 Å². The number of rotatable bonds is 6. The number of carboxylic acid groups (broad SMARTS) is 1. The van der Waals surface area contributed by atoms with Gasteiger partial charge in [0, 0.05) is 30.1 Å². The number of Topliss-reactive ketones (excluding diaryl/α,β-unsaturated/α-hetero) is 2. The lowest BCUT2D eigenvalue weighted by atomic mass is 9.54. The molecule has 8 atom stereocenters. The molecular formula is C27H39NO7S. The van der Waals surface area contributed by atoms with Gasteiger partial charge in [-0.05, 0) is 44.9 Å². The topological polar surface area (TPSA) is 141 Å². The van der Waals surface area contributed by atoms with Gasteiger partial charge in [-0.25, -0.2) is 4.79 Å². The minimum Gasteiger partial charge on any atom is -0.479 e. The molecule has 1 aliphatic heterocycles. The first-order valence-corrected chi connectivity index (χ1v) is 13.8. The number of nitrogens with one attached hydrogen (secondary N) is 1. The summed E-state index contributed by atoms with van der Waals surface area (Å²) in [5, 5.41) is 31.5. The van der Waals surface area contributed by atoms with Gasteiger partial charge in [-0.3, -0.25) is 14.4 Å². The standard InChI is InChI=1S/C27H39NO7S/c1-13(2)8-18-23-16(5)15(4)10-17-9-14(3)6-7-19(29)24(32)21(36-12-20(30)25(33)34)11-22(31)27(17,23)26(35)28-18/h9-10,13,16-21,23,29-30H,6-8,11-12H2,1-5H3,(H,28,35)(H,33,34)/b14-9+/t16-,17+,18+,19+,20+,21-,23+,27-/m1/s1. The number of ketones is 2. The van der Waals surface area contributed by atoms with Crippen LogP contribution < -0.4 is 5.32 Å². The Morgan fingerprint density at radius 1 is 1.22 bits per heavy atom. The van der Waals surface area contributed by atoms with Gasteiger partial charge in [-0.15, -0.1) is 11.8 Å². The minimum absolute atomic E-state index is 0.0343. The molecule has 1 amide bonds. The van der Waals surface area contributed by atoms with Gasteiger partial charge >= 0.3 is 5.97 Å². The van der Waals surface area contributed by atoms with Crippen LogP contribution in [0, 0.1) is 29.1 Å². The number of carboxylic acids is 1. The quantitative estimate of drug-likeness (QED) is 0.309. The number of carbonyl (C=O) groups is 4. The molecule has 0 saturated carbocycles. The molecule has 36 heavy (non-hydrogen) atoms. The van der Waals surface area contributed by atoms with Crippen LogP contribution in [0.5, 0.6) is 0 Å². The molecule has 1 spiro atoms. The van der Waals surface area contributed by atoms with E-state index in [2.05, 4.69) is 19.2 Å². The highest BCUT2D eigenvalue weighted by Gasteiger charge is 2.65. The largest absolute Gasteiger partial charge is 0.479 e. The molecule has 200 valence electrons. The van der Waals surface area contributed by atoms with Crippen molar-refractivity contribution in [1.82, 2.24) is 5.32 Å². The summed E-state index contributed by atoms with van der Waals surface area (Å²) in [6.07, 6.45) is 1.93. The Labute approximate surface area is 217 Å². The summed E-state index contributed by atoms with van der Waals surface area (Å²) >= 11 is 0.855. The van der Waals surface area contributed by atoms with E-state index in [0.717, 1.165) is 29.3 Å². The van der Waals surface area contributed by atoms with Gasteiger partial charge < -0.3 is 20.6 Å². The third-order valence-electron chi connectivity index (χ3n) is 8.10. The summed E-state index contributed by atoms with van der Waals surface area (Å²) in [6.45, 7) is 10.1. The molecule has 3 aliphatic rings. The molecule has 0 aromatic carbocycles. The maximum absolute atomic E-state index is 14.3. The molecule has 8 nitrogen and oxygen atoms in total. The molecule has 0 unspecified atom stereocenters. The second kappa shape index (κ2) is 11.2. The predicted octanol–water partition coefficient (Wildman–Crippen LogP) is 2.52. The van der Waals surface area contributed by atoms with Crippen LogP contribution in [0.4, 0.5) is 0 Å². The van der Waals surface area contributed by atoms with Gasteiger partial charge in [0.2, 0.25) is 5.91 Å². The van der Waals surface area contributed by atoms with Crippen LogP contribution in [0.3, 0.4) is 0 Å². The highest BCUT2D eigenvalue weighted by molar-refractivity contribution is 8.00. The van der Waals surface area contributed by atoms with Gasteiger partial charge in [0.05, 0.1) is 5.25 Å². The SMILES string of the molecule is CC1=C[C@@H]2/C=C(\C)CC[C@H](O)C(=O)[C@H](SC[C@H](O)C(=O)O)CC(=O)[C@]23C(=O)N[C@@H](CC(C)C)[C@@H]3[C@@H]1C. The maximum atomic E-state index is 14.3. The number of carbonyl (C=O) groups excluding carboxylic acids is 3. The molecule has 1 fully saturated rings. The zero-order valence-electron chi connectivity index (χ0n) is 21.7. The average molecular weight is 522 g/mol. The van der Waals surface area contributed by atoms with Crippen LogP contribution in [0.1, 0.15) is 60.3 Å². The first-order valence-electron chi connectivity index (χ1n) is 12.7. The first-order chi connectivity index (χ1) is 16.8. The number of hydrogen-bond acceptors (Lipinski definition) is 7. The van der Waals surface area contributed by atoms with Gasteiger partial charge in [0.1, 0.15) is 11.5 Å². The molecule has 1 saturated heterocycles. The second-order valence-corrected chi connectivity index (χ2v) is 12.3. The highest BCUT2D eigenvalue weighted by Crippen LogP contribution is 2.55. The Hall–Kier alpha value is -1.97. The van der Waals surface area contributed by atoms with Crippen molar-refractivity contribution in [3.05, 3.63) is 23.3 Å². The summed E-state index contributed by atoms with van der Waals surface area (Å²) in [6, 6.07) is -0.192. The summed E-state index contributed by atoms with van der Waals surface area (Å²) in [7, 11) is 0. The molecule has 0 aromatic rings. The normalized spacial score (nSPS) is 37.7. The molecule has 0 radical (unpaired) electrons. The number of aliphatic carboxylic acids is 1. The molecule has 1 heterocycles. The van der Waals surface area contributed by atoms with E-state index >= 15 is 0 Å². The third kappa shape index (κ3) is 5.34. The predicted molar refractivity (Wildman–Crippen MR) is 137 cm³/mol. The smallest absolute Gasteiger partial charge is 0.333 e. The number of aliphatic hydroxyl groups is 2. The average Bonchev–Trinajstić information content (AvgIpc) is 3.08. The van der Waals surface area contributed by atoms with Crippen molar-refractivity contribution in [2.75, 3.05) is 5.75 Å². The fourth-order valence-corrected chi connectivity index (χ4v) is 7.32. The highest BCUT2D eigenvalue weighted by atomic mass is 32.2. The Bertz CT molecular complexity index is 973. The zero-order valence-corrected chi connectivity index (χ0v) is 22.5. The molecule has 0 bridgehead atoms. The van der Waals surface area contributed by atoms with E-state index in [1.807, 2.05) is 32.9 Å². The number of aliphatic hydroxyl groups excluding tert-OH is 2. The molecule has 3 rings (SSSR count). The fourth-order valence-electron chi connectivity index (χ4n) is 6.17. The van der Waals surface area contributed by atoms with Crippen molar-refractivity contribution in [1.29, 1.82) is 0 Å². The van der Waals surface area contributed by atoms with Gasteiger partial charge in [-0.2, -0.15) is 0 Å². The van der Waals surface area contributed by atoms with E-state index < -0.39 is 40.5 Å².